The van der Waals surface area contributed by atoms with Gasteiger partial charge in [0.1, 0.15) is 10.7 Å². The van der Waals surface area contributed by atoms with Gasteiger partial charge in [-0.3, -0.25) is 4.79 Å². The number of hydrogen-bond donors (Lipinski definition) is 2. The number of rotatable bonds is 7. The van der Waals surface area contributed by atoms with E-state index in [4.69, 9.17) is 5.11 Å². The van der Waals surface area contributed by atoms with Gasteiger partial charge in [0.15, 0.2) is 0 Å². The molecular weight excluding hydrogens is 273 g/mol. The number of halogens is 1. The van der Waals surface area contributed by atoms with Gasteiger partial charge in [-0.15, -0.1) is 0 Å². The Kier molecular flexibility index (Phi) is 5.44. The van der Waals surface area contributed by atoms with Crippen molar-refractivity contribution in [3.05, 3.63) is 30.1 Å². The van der Waals surface area contributed by atoms with Crippen LogP contribution in [0.3, 0.4) is 0 Å². The van der Waals surface area contributed by atoms with Crippen molar-refractivity contribution in [2.45, 2.75) is 24.7 Å². The topological polar surface area (TPSA) is 83.5 Å². The lowest BCUT2D eigenvalue weighted by Crippen LogP contribution is -2.33. The minimum atomic E-state index is -4.03. The van der Waals surface area contributed by atoms with Crippen molar-refractivity contribution in [1.29, 1.82) is 0 Å². The third-order valence-corrected chi connectivity index (χ3v) is 4.09. The molecule has 0 bridgehead atoms. The molecule has 0 radical (unpaired) electrons. The number of sulfonamides is 1. The summed E-state index contributed by atoms with van der Waals surface area (Å²) in [7, 11) is -4.03. The standard InChI is InChI=1S/C12H16FNO4S/c1-2-5-9(12(15)16)8-14-19(17,18)11-7-4-3-6-10(11)13/h3-4,6-7,9,14H,2,5,8H2,1H3,(H,15,16). The average molecular weight is 289 g/mol. The number of aliphatic carboxylic acids is 1. The second-order valence-corrected chi connectivity index (χ2v) is 5.84. The molecule has 1 aromatic carbocycles. The molecule has 0 aliphatic heterocycles. The highest BCUT2D eigenvalue weighted by molar-refractivity contribution is 7.89. The first-order valence-electron chi connectivity index (χ1n) is 5.85. The van der Waals surface area contributed by atoms with Crippen LogP contribution < -0.4 is 4.72 Å². The smallest absolute Gasteiger partial charge is 0.307 e. The first-order chi connectivity index (χ1) is 8.88. The van der Waals surface area contributed by atoms with E-state index in [0.717, 1.165) is 12.1 Å². The predicted molar refractivity (Wildman–Crippen MR) is 67.6 cm³/mol. The van der Waals surface area contributed by atoms with E-state index in [1.165, 1.54) is 12.1 Å². The van der Waals surface area contributed by atoms with Gasteiger partial charge in [-0.25, -0.2) is 17.5 Å². The van der Waals surface area contributed by atoms with Gasteiger partial charge in [0.25, 0.3) is 0 Å². The summed E-state index contributed by atoms with van der Waals surface area (Å²) >= 11 is 0. The molecule has 0 aromatic heterocycles. The Bertz CT molecular complexity index is 544. The molecule has 106 valence electrons. The number of hydrogen-bond acceptors (Lipinski definition) is 3. The molecular formula is C12H16FNO4S. The second-order valence-electron chi connectivity index (χ2n) is 4.11. The van der Waals surface area contributed by atoms with Crippen LogP contribution in [0, 0.1) is 11.7 Å². The highest BCUT2D eigenvalue weighted by atomic mass is 32.2. The molecule has 0 amide bonds. The van der Waals surface area contributed by atoms with E-state index in [1.54, 1.807) is 6.92 Å². The van der Waals surface area contributed by atoms with Gasteiger partial charge in [-0.05, 0) is 18.6 Å². The molecule has 2 N–H and O–H groups in total. The maximum Gasteiger partial charge on any atom is 0.307 e. The van der Waals surface area contributed by atoms with Gasteiger partial charge in [0, 0.05) is 6.54 Å². The number of carboxylic acids is 1. The molecule has 0 saturated heterocycles. The number of benzene rings is 1. The van der Waals surface area contributed by atoms with Crippen molar-refractivity contribution >= 4 is 16.0 Å². The first-order valence-corrected chi connectivity index (χ1v) is 7.33. The Morgan fingerprint density at radius 1 is 1.42 bits per heavy atom. The second kappa shape index (κ2) is 6.63. The highest BCUT2D eigenvalue weighted by Crippen LogP contribution is 2.14. The lowest BCUT2D eigenvalue weighted by molar-refractivity contribution is -0.141. The lowest BCUT2D eigenvalue weighted by Gasteiger charge is -2.13. The van der Waals surface area contributed by atoms with E-state index in [-0.39, 0.29) is 6.54 Å². The molecule has 0 fully saturated rings. The van der Waals surface area contributed by atoms with Crippen LogP contribution >= 0.6 is 0 Å². The van der Waals surface area contributed by atoms with Crippen LogP contribution in [0.25, 0.3) is 0 Å². The van der Waals surface area contributed by atoms with Crippen LogP contribution in [-0.4, -0.2) is 26.0 Å². The van der Waals surface area contributed by atoms with Crippen LogP contribution in [0.15, 0.2) is 29.2 Å². The zero-order chi connectivity index (χ0) is 14.5. The molecule has 0 aliphatic carbocycles. The van der Waals surface area contributed by atoms with Gasteiger partial charge in [0.05, 0.1) is 5.92 Å². The predicted octanol–water partition coefficient (Wildman–Crippen LogP) is 1.60. The van der Waals surface area contributed by atoms with Crippen LogP contribution in [0.5, 0.6) is 0 Å². The Hall–Kier alpha value is -1.47. The zero-order valence-corrected chi connectivity index (χ0v) is 11.3. The number of carboxylic acid groups (broad SMARTS) is 1. The van der Waals surface area contributed by atoms with Crippen molar-refractivity contribution in [3.63, 3.8) is 0 Å². The fourth-order valence-corrected chi connectivity index (χ4v) is 2.77. The minimum Gasteiger partial charge on any atom is -0.481 e. The monoisotopic (exact) mass is 289 g/mol. The van der Waals surface area contributed by atoms with Crippen molar-refractivity contribution in [3.8, 4) is 0 Å². The van der Waals surface area contributed by atoms with E-state index in [0.29, 0.717) is 12.8 Å². The van der Waals surface area contributed by atoms with E-state index < -0.39 is 32.6 Å². The third-order valence-electron chi connectivity index (χ3n) is 2.63. The summed E-state index contributed by atoms with van der Waals surface area (Å²) in [5, 5.41) is 8.92. The molecule has 1 rings (SSSR count). The van der Waals surface area contributed by atoms with Crippen LogP contribution in [0.4, 0.5) is 4.39 Å². The summed E-state index contributed by atoms with van der Waals surface area (Å²) in [6.07, 6.45) is 0.980. The molecule has 0 spiro atoms. The third kappa shape index (κ3) is 4.29. The molecule has 1 unspecified atom stereocenters. The quantitative estimate of drug-likeness (QED) is 0.798. The van der Waals surface area contributed by atoms with Crippen molar-refractivity contribution in [2.75, 3.05) is 6.54 Å². The Balaban J connectivity index is 2.81. The van der Waals surface area contributed by atoms with Crippen LogP contribution in [0.1, 0.15) is 19.8 Å². The zero-order valence-electron chi connectivity index (χ0n) is 10.5. The normalized spacial score (nSPS) is 13.2. The maximum absolute atomic E-state index is 13.4. The van der Waals surface area contributed by atoms with Crippen LogP contribution in [-0.2, 0) is 14.8 Å². The molecule has 0 aliphatic rings. The van der Waals surface area contributed by atoms with E-state index in [1.807, 2.05) is 0 Å². The van der Waals surface area contributed by atoms with E-state index in [2.05, 4.69) is 4.72 Å². The Labute approximate surface area is 111 Å². The van der Waals surface area contributed by atoms with Gasteiger partial charge in [-0.1, -0.05) is 25.5 Å². The minimum absolute atomic E-state index is 0.250. The van der Waals surface area contributed by atoms with Gasteiger partial charge >= 0.3 is 5.97 Å². The first kappa shape index (κ1) is 15.6. The summed E-state index contributed by atoms with van der Waals surface area (Å²) in [5.41, 5.74) is 0. The summed E-state index contributed by atoms with van der Waals surface area (Å²) < 4.78 is 39.2. The molecule has 5 nitrogen and oxygen atoms in total. The summed E-state index contributed by atoms with van der Waals surface area (Å²) in [5.74, 6) is -2.75. The van der Waals surface area contributed by atoms with Gasteiger partial charge in [-0.2, -0.15) is 0 Å². The Morgan fingerprint density at radius 3 is 2.58 bits per heavy atom. The maximum atomic E-state index is 13.4. The molecule has 1 aromatic rings. The molecule has 0 heterocycles. The van der Waals surface area contributed by atoms with Gasteiger partial charge in [0.2, 0.25) is 10.0 Å². The summed E-state index contributed by atoms with van der Waals surface area (Å²) in [6, 6.07) is 4.95. The largest absolute Gasteiger partial charge is 0.481 e. The molecule has 19 heavy (non-hydrogen) atoms. The lowest BCUT2D eigenvalue weighted by atomic mass is 10.1. The fourth-order valence-electron chi connectivity index (χ4n) is 1.61. The van der Waals surface area contributed by atoms with E-state index in [9.17, 15) is 17.6 Å². The van der Waals surface area contributed by atoms with Gasteiger partial charge < -0.3 is 5.11 Å². The number of nitrogens with one attached hydrogen (secondary N) is 1. The Morgan fingerprint density at radius 2 is 2.05 bits per heavy atom. The molecule has 1 atom stereocenters. The van der Waals surface area contributed by atoms with Crippen LogP contribution in [0.2, 0.25) is 0 Å². The van der Waals surface area contributed by atoms with Crippen molar-refractivity contribution < 1.29 is 22.7 Å². The average Bonchev–Trinajstić information content (AvgIpc) is 2.34. The highest BCUT2D eigenvalue weighted by Gasteiger charge is 2.22. The van der Waals surface area contributed by atoms with Crippen molar-refractivity contribution in [2.24, 2.45) is 5.92 Å². The van der Waals surface area contributed by atoms with E-state index >= 15 is 0 Å². The fraction of sp³-hybridized carbons (Fsp3) is 0.417. The number of carbonyl (C=O) groups is 1. The summed E-state index contributed by atoms with van der Waals surface area (Å²) in [6.45, 7) is 1.56. The molecule has 0 saturated carbocycles. The SMILES string of the molecule is CCCC(CNS(=O)(=O)c1ccccc1F)C(=O)O. The van der Waals surface area contributed by atoms with Crippen molar-refractivity contribution in [1.82, 2.24) is 4.72 Å². The molecule has 7 heteroatoms. The summed E-state index contributed by atoms with van der Waals surface area (Å²) in [4.78, 5) is 10.4.